The zero-order chi connectivity index (χ0) is 19.0. The molecule has 4 rings (SSSR count). The number of rotatable bonds is 4. The van der Waals surface area contributed by atoms with Crippen molar-refractivity contribution in [3.05, 3.63) is 47.2 Å². The number of benzene rings is 2. The molecule has 1 saturated carbocycles. The molecule has 6 nitrogen and oxygen atoms in total. The van der Waals surface area contributed by atoms with Gasteiger partial charge in [-0.3, -0.25) is 9.59 Å². The Bertz CT molecular complexity index is 930. The van der Waals surface area contributed by atoms with Gasteiger partial charge in [-0.25, -0.2) is 4.39 Å². The van der Waals surface area contributed by atoms with E-state index in [1.165, 1.54) is 12.1 Å². The molecule has 27 heavy (non-hydrogen) atoms. The number of fused-ring (bicyclic) bond motifs is 1. The first-order valence-corrected chi connectivity index (χ1v) is 8.83. The summed E-state index contributed by atoms with van der Waals surface area (Å²) in [5, 5.41) is 5.30. The molecule has 1 heterocycles. The Morgan fingerprint density at radius 2 is 1.52 bits per heavy atom. The van der Waals surface area contributed by atoms with Crippen LogP contribution >= 0.6 is 11.6 Å². The van der Waals surface area contributed by atoms with Crippen molar-refractivity contribution in [1.29, 1.82) is 0 Å². The molecule has 0 atom stereocenters. The second-order valence-electron chi connectivity index (χ2n) is 6.48. The summed E-state index contributed by atoms with van der Waals surface area (Å²) < 4.78 is 24.2. The number of halogens is 2. The van der Waals surface area contributed by atoms with Gasteiger partial charge < -0.3 is 20.1 Å². The molecule has 0 bridgehead atoms. The van der Waals surface area contributed by atoms with Crippen LogP contribution in [0.25, 0.3) is 0 Å². The molecule has 2 N–H and O–H groups in total. The van der Waals surface area contributed by atoms with E-state index in [-0.39, 0.29) is 5.02 Å². The summed E-state index contributed by atoms with van der Waals surface area (Å²) in [6, 6.07) is 8.94. The Morgan fingerprint density at radius 3 is 2.15 bits per heavy atom. The molecule has 0 unspecified atom stereocenters. The number of hydrogen-bond donors (Lipinski definition) is 2. The van der Waals surface area contributed by atoms with E-state index in [1.807, 2.05) is 0 Å². The minimum atomic E-state index is -1.14. The van der Waals surface area contributed by atoms with Crippen molar-refractivity contribution in [1.82, 2.24) is 0 Å². The molecule has 1 aliphatic carbocycles. The summed E-state index contributed by atoms with van der Waals surface area (Å²) >= 11 is 5.73. The lowest BCUT2D eigenvalue weighted by Crippen LogP contribution is -2.35. The third-order valence-electron chi connectivity index (χ3n) is 4.60. The standard InChI is InChI=1S/C19H16ClFN2O4/c20-13-9-11(1-3-14(13)21)22-17(24)19(5-6-19)18(25)23-12-2-4-15-16(10-12)27-8-7-26-15/h1-4,9-10H,5-8H2,(H,22,24)(H,23,25). The van der Waals surface area contributed by atoms with E-state index in [9.17, 15) is 14.0 Å². The smallest absolute Gasteiger partial charge is 0.240 e. The summed E-state index contributed by atoms with van der Waals surface area (Å²) in [5.74, 6) is -0.252. The van der Waals surface area contributed by atoms with Crippen LogP contribution in [0.15, 0.2) is 36.4 Å². The van der Waals surface area contributed by atoms with Crippen molar-refractivity contribution in [2.45, 2.75) is 12.8 Å². The van der Waals surface area contributed by atoms with Crippen LogP contribution in [0.2, 0.25) is 5.02 Å². The van der Waals surface area contributed by atoms with E-state index in [0.29, 0.717) is 48.9 Å². The largest absolute Gasteiger partial charge is 0.486 e. The third-order valence-corrected chi connectivity index (χ3v) is 4.89. The molecule has 0 saturated heterocycles. The second-order valence-corrected chi connectivity index (χ2v) is 6.88. The molecule has 140 valence electrons. The second kappa shape index (κ2) is 6.74. The van der Waals surface area contributed by atoms with Gasteiger partial charge in [-0.2, -0.15) is 0 Å². The highest BCUT2D eigenvalue weighted by Crippen LogP contribution is 2.48. The molecular formula is C19H16ClFN2O4. The van der Waals surface area contributed by atoms with Crippen LogP contribution in [-0.2, 0) is 9.59 Å². The highest BCUT2D eigenvalue weighted by atomic mass is 35.5. The Labute approximate surface area is 159 Å². The molecule has 0 radical (unpaired) electrons. The zero-order valence-corrected chi connectivity index (χ0v) is 14.9. The third kappa shape index (κ3) is 3.42. The minimum Gasteiger partial charge on any atom is -0.486 e. The van der Waals surface area contributed by atoms with Gasteiger partial charge in [0.1, 0.15) is 24.4 Å². The Balaban J connectivity index is 1.46. The fraction of sp³-hybridized carbons (Fsp3) is 0.263. The van der Waals surface area contributed by atoms with Gasteiger partial charge in [-0.15, -0.1) is 0 Å². The van der Waals surface area contributed by atoms with Gasteiger partial charge in [0.25, 0.3) is 0 Å². The number of carbonyl (C=O) groups is 2. The maximum Gasteiger partial charge on any atom is 0.240 e. The number of nitrogens with one attached hydrogen (secondary N) is 2. The molecule has 2 amide bonds. The lowest BCUT2D eigenvalue weighted by atomic mass is 10.0. The van der Waals surface area contributed by atoms with Gasteiger partial charge in [-0.05, 0) is 43.2 Å². The van der Waals surface area contributed by atoms with Crippen molar-refractivity contribution in [2.24, 2.45) is 5.41 Å². The summed E-state index contributed by atoms with van der Waals surface area (Å²) in [7, 11) is 0. The first-order chi connectivity index (χ1) is 13.0. The van der Waals surface area contributed by atoms with Crippen LogP contribution in [0.4, 0.5) is 15.8 Å². The molecule has 0 spiro atoms. The van der Waals surface area contributed by atoms with Gasteiger partial charge in [0.05, 0.1) is 5.02 Å². The summed E-state index contributed by atoms with van der Waals surface area (Å²) in [4.78, 5) is 25.3. The van der Waals surface area contributed by atoms with E-state index in [1.54, 1.807) is 18.2 Å². The first kappa shape index (κ1) is 17.6. The number of carbonyl (C=O) groups excluding carboxylic acids is 2. The summed E-state index contributed by atoms with van der Waals surface area (Å²) in [6.45, 7) is 0.923. The zero-order valence-electron chi connectivity index (χ0n) is 14.2. The quantitative estimate of drug-likeness (QED) is 0.782. The van der Waals surface area contributed by atoms with E-state index >= 15 is 0 Å². The van der Waals surface area contributed by atoms with Crippen molar-refractivity contribution in [2.75, 3.05) is 23.8 Å². The highest BCUT2D eigenvalue weighted by molar-refractivity contribution is 6.31. The molecule has 8 heteroatoms. The van der Waals surface area contributed by atoms with Crippen LogP contribution in [0.1, 0.15) is 12.8 Å². The maximum atomic E-state index is 13.2. The number of ether oxygens (including phenoxy) is 2. The monoisotopic (exact) mass is 390 g/mol. The Morgan fingerprint density at radius 1 is 0.926 bits per heavy atom. The van der Waals surface area contributed by atoms with Crippen molar-refractivity contribution < 1.29 is 23.5 Å². The SMILES string of the molecule is O=C(Nc1ccc(F)c(Cl)c1)C1(C(=O)Nc2ccc3c(c2)OCCO3)CC1. The average Bonchev–Trinajstić information content (AvgIpc) is 3.47. The normalized spacial score (nSPS) is 16.4. The van der Waals surface area contributed by atoms with Gasteiger partial charge in [0.2, 0.25) is 11.8 Å². The van der Waals surface area contributed by atoms with Crippen LogP contribution < -0.4 is 20.1 Å². The highest BCUT2D eigenvalue weighted by Gasteiger charge is 2.56. The molecule has 0 aromatic heterocycles. The van der Waals surface area contributed by atoms with E-state index in [2.05, 4.69) is 10.6 Å². The Kier molecular flexibility index (Phi) is 4.39. The Hall–Kier alpha value is -2.80. The number of hydrogen-bond acceptors (Lipinski definition) is 4. The van der Waals surface area contributed by atoms with E-state index < -0.39 is 23.0 Å². The van der Waals surface area contributed by atoms with Gasteiger partial charge in [0, 0.05) is 17.4 Å². The molecule has 1 aliphatic heterocycles. The average molecular weight is 391 g/mol. The number of anilines is 2. The van der Waals surface area contributed by atoms with Gasteiger partial charge >= 0.3 is 0 Å². The molecular weight excluding hydrogens is 375 g/mol. The molecule has 1 fully saturated rings. The summed E-state index contributed by atoms with van der Waals surface area (Å²) in [6.07, 6.45) is 0.869. The lowest BCUT2D eigenvalue weighted by molar-refractivity contribution is -0.131. The summed E-state index contributed by atoms with van der Waals surface area (Å²) in [5.41, 5.74) is -0.286. The van der Waals surface area contributed by atoms with E-state index in [0.717, 1.165) is 6.07 Å². The molecule has 2 aromatic rings. The van der Waals surface area contributed by atoms with Crippen LogP contribution in [-0.4, -0.2) is 25.0 Å². The first-order valence-electron chi connectivity index (χ1n) is 8.45. The fourth-order valence-corrected chi connectivity index (χ4v) is 3.06. The maximum absolute atomic E-state index is 13.2. The van der Waals surface area contributed by atoms with Crippen LogP contribution in [0, 0.1) is 11.2 Å². The molecule has 2 aromatic carbocycles. The number of amides is 2. The van der Waals surface area contributed by atoms with Crippen LogP contribution in [0.3, 0.4) is 0 Å². The lowest BCUT2D eigenvalue weighted by Gasteiger charge is -2.20. The minimum absolute atomic E-state index is 0.0987. The van der Waals surface area contributed by atoms with Gasteiger partial charge in [-0.1, -0.05) is 11.6 Å². The van der Waals surface area contributed by atoms with Gasteiger partial charge in [0.15, 0.2) is 11.5 Å². The van der Waals surface area contributed by atoms with Crippen molar-refractivity contribution >= 4 is 34.8 Å². The van der Waals surface area contributed by atoms with E-state index in [4.69, 9.17) is 21.1 Å². The van der Waals surface area contributed by atoms with Crippen molar-refractivity contribution in [3.8, 4) is 11.5 Å². The topological polar surface area (TPSA) is 76.7 Å². The van der Waals surface area contributed by atoms with Crippen molar-refractivity contribution in [3.63, 3.8) is 0 Å². The molecule has 2 aliphatic rings. The predicted molar refractivity (Wildman–Crippen MR) is 97.8 cm³/mol. The fourth-order valence-electron chi connectivity index (χ4n) is 2.88. The predicted octanol–water partition coefficient (Wildman–Crippen LogP) is 3.61. The van der Waals surface area contributed by atoms with Crippen LogP contribution in [0.5, 0.6) is 11.5 Å².